The van der Waals surface area contributed by atoms with Gasteiger partial charge >= 0.3 is 0 Å². The van der Waals surface area contributed by atoms with Crippen LogP contribution in [0.3, 0.4) is 0 Å². The maximum absolute atomic E-state index is 2.39. The third-order valence-electron chi connectivity index (χ3n) is 8.40. The van der Waals surface area contributed by atoms with Gasteiger partial charge in [0.05, 0.1) is 0 Å². The largest absolute Gasteiger partial charge is 0.224 e. The van der Waals surface area contributed by atoms with Crippen LogP contribution >= 0.6 is 0 Å². The molecule has 1 atom stereocenters. The van der Waals surface area contributed by atoms with Gasteiger partial charge < -0.3 is 0 Å². The minimum Gasteiger partial charge on any atom is -0.224 e. The monoisotopic (exact) mass is 512 g/mol. The lowest BCUT2D eigenvalue weighted by Crippen LogP contribution is -2.48. The van der Waals surface area contributed by atoms with Gasteiger partial charge in [0.25, 0.3) is 0 Å². The van der Waals surface area contributed by atoms with E-state index in [1.807, 2.05) is 0 Å². The topological polar surface area (TPSA) is 0 Å². The lowest BCUT2D eigenvalue weighted by Gasteiger charge is -2.43. The second-order valence-electron chi connectivity index (χ2n) is 11.2. The zero-order valence-electron chi connectivity index (χ0n) is 24.5. The molecule has 0 aromatic heterocycles. The first-order chi connectivity index (χ1) is 18.8. The summed E-state index contributed by atoms with van der Waals surface area (Å²) in [4.78, 5) is 0. The van der Waals surface area contributed by atoms with Crippen LogP contribution in [-0.2, 0) is 0 Å². The van der Waals surface area contributed by atoms with Gasteiger partial charge in [0.15, 0.2) is 0 Å². The summed E-state index contributed by atoms with van der Waals surface area (Å²) in [7, 11) is 0. The number of nitrogens with zero attached hydrogens (tertiary/aromatic N) is 1. The SMILES string of the molecule is CCCCCCCCCCCCCCCCC(CC)[N+](c1ccccc1)(c1ccccc1)c1ccccc1. The second-order valence-corrected chi connectivity index (χ2v) is 11.2. The van der Waals surface area contributed by atoms with Crippen LogP contribution in [0.5, 0.6) is 0 Å². The Hall–Kier alpha value is -2.38. The van der Waals surface area contributed by atoms with E-state index < -0.39 is 0 Å². The number of hydrogen-bond donors (Lipinski definition) is 0. The standard InChI is InChI=1S/C37H54N/c1-3-5-6-7-8-9-10-11-12-13-14-15-16-20-27-34(4-2)38(35-28-21-17-22-29-35,36-30-23-18-24-31-36)37-32-25-19-26-33-37/h17-19,21-26,28-34H,3-16,20,27H2,1-2H3/q+1. The van der Waals surface area contributed by atoms with Gasteiger partial charge in [-0.15, -0.1) is 0 Å². The first-order valence-corrected chi connectivity index (χ1v) is 15.9. The van der Waals surface area contributed by atoms with Gasteiger partial charge in [-0.2, -0.15) is 0 Å². The maximum Gasteiger partial charge on any atom is 0.143 e. The van der Waals surface area contributed by atoms with Gasteiger partial charge in [0.2, 0.25) is 0 Å². The van der Waals surface area contributed by atoms with Crippen molar-refractivity contribution in [3.8, 4) is 0 Å². The summed E-state index contributed by atoms with van der Waals surface area (Å²) in [6, 6.07) is 34.1. The lowest BCUT2D eigenvalue weighted by molar-refractivity contribution is 0.337. The third-order valence-corrected chi connectivity index (χ3v) is 8.40. The number of unbranched alkanes of at least 4 members (excludes halogenated alkanes) is 13. The molecule has 0 saturated heterocycles. The molecule has 3 rings (SSSR count). The molecule has 1 unspecified atom stereocenters. The Morgan fingerprint density at radius 2 is 0.737 bits per heavy atom. The van der Waals surface area contributed by atoms with Crippen molar-refractivity contribution in [3.63, 3.8) is 0 Å². The zero-order chi connectivity index (χ0) is 26.7. The van der Waals surface area contributed by atoms with Gasteiger partial charge in [-0.3, -0.25) is 0 Å². The van der Waals surface area contributed by atoms with Crippen molar-refractivity contribution in [3.05, 3.63) is 91.0 Å². The Morgan fingerprint density at radius 1 is 0.421 bits per heavy atom. The minimum absolute atomic E-state index is 0.500. The van der Waals surface area contributed by atoms with Crippen molar-refractivity contribution in [1.82, 2.24) is 4.48 Å². The van der Waals surface area contributed by atoms with Crippen molar-refractivity contribution < 1.29 is 0 Å². The molecule has 0 fully saturated rings. The van der Waals surface area contributed by atoms with E-state index in [0.29, 0.717) is 6.04 Å². The summed E-state index contributed by atoms with van der Waals surface area (Å²) >= 11 is 0. The normalized spacial score (nSPS) is 12.5. The molecule has 0 aliphatic heterocycles. The average Bonchev–Trinajstić information content (AvgIpc) is 2.98. The fourth-order valence-corrected chi connectivity index (χ4v) is 6.32. The number of quaternary nitrogens is 1. The molecule has 1 nitrogen and oxygen atoms in total. The molecular weight excluding hydrogens is 458 g/mol. The number of para-hydroxylation sites is 3. The predicted octanol–water partition coefficient (Wildman–Crippen LogP) is 12.3. The molecule has 0 N–H and O–H groups in total. The highest BCUT2D eigenvalue weighted by Gasteiger charge is 2.42. The van der Waals surface area contributed by atoms with E-state index in [2.05, 4.69) is 105 Å². The Labute approximate surface area is 234 Å². The van der Waals surface area contributed by atoms with E-state index in [-0.39, 0.29) is 0 Å². The summed E-state index contributed by atoms with van der Waals surface area (Å²) < 4.78 is 0.803. The van der Waals surface area contributed by atoms with Gasteiger partial charge in [-0.25, -0.2) is 4.48 Å². The molecule has 3 aromatic rings. The average molecular weight is 513 g/mol. The number of benzene rings is 3. The van der Waals surface area contributed by atoms with Crippen molar-refractivity contribution in [2.24, 2.45) is 0 Å². The van der Waals surface area contributed by atoms with Crippen LogP contribution in [0.4, 0.5) is 17.1 Å². The van der Waals surface area contributed by atoms with Gasteiger partial charge in [0.1, 0.15) is 23.1 Å². The number of hydrogen-bond acceptors (Lipinski definition) is 0. The van der Waals surface area contributed by atoms with E-state index in [0.717, 1.165) is 10.9 Å². The molecule has 1 heteroatoms. The highest BCUT2D eigenvalue weighted by Crippen LogP contribution is 2.48. The second kappa shape index (κ2) is 18.0. The van der Waals surface area contributed by atoms with Crippen LogP contribution in [0.1, 0.15) is 117 Å². The van der Waals surface area contributed by atoms with Crippen LogP contribution < -0.4 is 4.48 Å². The molecule has 0 aliphatic rings. The van der Waals surface area contributed by atoms with Gasteiger partial charge in [0, 0.05) is 6.42 Å². The fraction of sp³-hybridized carbons (Fsp3) is 0.514. The summed E-state index contributed by atoms with van der Waals surface area (Å²) in [5.41, 5.74) is 4.09. The summed E-state index contributed by atoms with van der Waals surface area (Å²) in [6.45, 7) is 4.69. The minimum atomic E-state index is 0.500. The molecule has 38 heavy (non-hydrogen) atoms. The first-order valence-electron chi connectivity index (χ1n) is 15.9. The molecule has 0 heterocycles. The van der Waals surface area contributed by atoms with Crippen LogP contribution in [-0.4, -0.2) is 6.04 Å². The molecular formula is C37H54N+. The summed E-state index contributed by atoms with van der Waals surface area (Å²) in [6.07, 6.45) is 22.2. The zero-order valence-corrected chi connectivity index (χ0v) is 24.5. The molecule has 0 aliphatic carbocycles. The van der Waals surface area contributed by atoms with Gasteiger partial charge in [-0.1, -0.05) is 152 Å². The molecule has 0 bridgehead atoms. The third kappa shape index (κ3) is 8.84. The highest BCUT2D eigenvalue weighted by atomic mass is 15.4. The van der Waals surface area contributed by atoms with Gasteiger partial charge in [-0.05, 0) is 49.2 Å². The molecule has 0 amide bonds. The summed E-state index contributed by atoms with van der Waals surface area (Å²) in [5.74, 6) is 0. The van der Waals surface area contributed by atoms with Crippen molar-refractivity contribution in [2.45, 2.75) is 123 Å². The van der Waals surface area contributed by atoms with E-state index in [1.54, 1.807) is 0 Å². The number of rotatable bonds is 20. The fourth-order valence-electron chi connectivity index (χ4n) is 6.32. The molecule has 0 radical (unpaired) electrons. The molecule has 0 spiro atoms. The van der Waals surface area contributed by atoms with E-state index in [9.17, 15) is 0 Å². The van der Waals surface area contributed by atoms with Crippen molar-refractivity contribution in [1.29, 1.82) is 0 Å². The maximum atomic E-state index is 2.39. The predicted molar refractivity (Wildman–Crippen MR) is 169 cm³/mol. The Morgan fingerprint density at radius 3 is 1.05 bits per heavy atom. The lowest BCUT2D eigenvalue weighted by atomic mass is 9.96. The van der Waals surface area contributed by atoms with E-state index >= 15 is 0 Å². The quantitative estimate of drug-likeness (QED) is 0.104. The summed E-state index contributed by atoms with van der Waals surface area (Å²) in [5, 5.41) is 0. The van der Waals surface area contributed by atoms with E-state index in [1.165, 1.54) is 113 Å². The smallest absolute Gasteiger partial charge is 0.143 e. The van der Waals surface area contributed by atoms with Crippen LogP contribution in [0.25, 0.3) is 0 Å². The highest BCUT2D eigenvalue weighted by molar-refractivity contribution is 5.71. The molecule has 0 saturated carbocycles. The van der Waals surface area contributed by atoms with Crippen LogP contribution in [0.2, 0.25) is 0 Å². The molecule has 3 aromatic carbocycles. The Bertz CT molecular complexity index is 853. The van der Waals surface area contributed by atoms with Crippen molar-refractivity contribution in [2.75, 3.05) is 0 Å². The van der Waals surface area contributed by atoms with Crippen molar-refractivity contribution >= 4 is 17.1 Å². The van der Waals surface area contributed by atoms with Crippen LogP contribution in [0.15, 0.2) is 91.0 Å². The first kappa shape index (κ1) is 30.2. The Kier molecular flexibility index (Phi) is 14.3. The Balaban J connectivity index is 1.55. The van der Waals surface area contributed by atoms with E-state index in [4.69, 9.17) is 0 Å². The van der Waals surface area contributed by atoms with Crippen LogP contribution in [0, 0.1) is 0 Å². The molecule has 206 valence electrons.